The number of aryl methyl sites for hydroxylation is 1. The molecule has 0 unspecified atom stereocenters. The minimum absolute atomic E-state index is 0.170. The van der Waals surface area contributed by atoms with Gasteiger partial charge in [-0.1, -0.05) is 25.6 Å². The van der Waals surface area contributed by atoms with Crippen molar-refractivity contribution in [3.63, 3.8) is 0 Å². The second-order valence-corrected chi connectivity index (χ2v) is 5.65. The summed E-state index contributed by atoms with van der Waals surface area (Å²) in [6.07, 6.45) is 0. The summed E-state index contributed by atoms with van der Waals surface area (Å²) in [6.45, 7) is 6.13. The molecule has 2 nitrogen and oxygen atoms in total. The van der Waals surface area contributed by atoms with Crippen LogP contribution in [0.2, 0.25) is 0 Å². The first-order valence-electron chi connectivity index (χ1n) is 5.80. The van der Waals surface area contributed by atoms with E-state index in [1.165, 1.54) is 6.07 Å². The number of nitrogens with zero attached hydrogens (tertiary/aromatic N) is 1. The van der Waals surface area contributed by atoms with E-state index in [2.05, 4.69) is 24.2 Å². The van der Waals surface area contributed by atoms with Crippen molar-refractivity contribution in [3.8, 4) is 0 Å². The molecule has 0 saturated carbocycles. The molecule has 0 bridgehead atoms. The average Bonchev–Trinajstić information content (AvgIpc) is 2.72. The first kappa shape index (κ1) is 12.4. The van der Waals surface area contributed by atoms with Gasteiger partial charge in [-0.25, -0.2) is 4.39 Å². The van der Waals surface area contributed by atoms with Crippen LogP contribution in [0, 0.1) is 18.7 Å². The van der Waals surface area contributed by atoms with E-state index in [1.807, 2.05) is 0 Å². The molecule has 1 atom stereocenters. The summed E-state index contributed by atoms with van der Waals surface area (Å²) >= 11 is 1.73. The number of nitrogens with one attached hydrogen (secondary N) is 1. The van der Waals surface area contributed by atoms with Crippen molar-refractivity contribution < 1.29 is 4.39 Å². The maximum absolute atomic E-state index is 13.1. The van der Waals surface area contributed by atoms with E-state index in [0.29, 0.717) is 17.5 Å². The topological polar surface area (TPSA) is 24.4 Å². The molecule has 0 amide bonds. The molecule has 0 aromatic heterocycles. The molecule has 0 aliphatic carbocycles. The number of amidine groups is 1. The van der Waals surface area contributed by atoms with Crippen LogP contribution >= 0.6 is 11.8 Å². The molecule has 1 aromatic rings. The SMILES string of the molecule is Cc1cc(NC2=N[C@@H](C(C)C)CS2)ccc1F. The van der Waals surface area contributed by atoms with Gasteiger partial charge in [-0.05, 0) is 36.6 Å². The van der Waals surface area contributed by atoms with Crippen molar-refractivity contribution in [2.45, 2.75) is 26.8 Å². The fraction of sp³-hybridized carbons (Fsp3) is 0.462. The van der Waals surface area contributed by atoms with Crippen LogP contribution in [-0.4, -0.2) is 17.0 Å². The molecule has 2 rings (SSSR count). The van der Waals surface area contributed by atoms with Crippen LogP contribution in [-0.2, 0) is 0 Å². The fourth-order valence-corrected chi connectivity index (χ4v) is 2.83. The number of aliphatic imine (C=N–C) groups is 1. The monoisotopic (exact) mass is 252 g/mol. The van der Waals surface area contributed by atoms with Gasteiger partial charge in [0, 0.05) is 11.4 Å². The third-order valence-electron chi connectivity index (χ3n) is 2.85. The zero-order valence-corrected chi connectivity index (χ0v) is 11.1. The summed E-state index contributed by atoms with van der Waals surface area (Å²) in [7, 11) is 0. The molecule has 1 aliphatic rings. The third kappa shape index (κ3) is 3.00. The standard InChI is InChI=1S/C13H17FN2S/c1-8(2)12-7-17-13(16-12)15-10-4-5-11(14)9(3)6-10/h4-6,8,12H,7H2,1-3H3,(H,15,16)/t12-/m1/s1. The summed E-state index contributed by atoms with van der Waals surface area (Å²) in [4.78, 5) is 4.61. The molecule has 4 heteroatoms. The number of hydrogen-bond acceptors (Lipinski definition) is 3. The molecular formula is C13H17FN2S. The number of hydrogen-bond donors (Lipinski definition) is 1. The summed E-state index contributed by atoms with van der Waals surface area (Å²) in [5.74, 6) is 1.42. The lowest BCUT2D eigenvalue weighted by Crippen LogP contribution is -2.12. The Labute approximate surface area is 106 Å². The van der Waals surface area contributed by atoms with Crippen LogP contribution < -0.4 is 5.32 Å². The van der Waals surface area contributed by atoms with E-state index in [0.717, 1.165) is 16.6 Å². The lowest BCUT2D eigenvalue weighted by Gasteiger charge is -2.08. The fourth-order valence-electron chi connectivity index (χ4n) is 1.65. The second-order valence-electron chi connectivity index (χ2n) is 4.65. The molecule has 0 fully saturated rings. The largest absolute Gasteiger partial charge is 0.335 e. The molecule has 1 aliphatic heterocycles. The van der Waals surface area contributed by atoms with Crippen LogP contribution in [0.15, 0.2) is 23.2 Å². The molecule has 1 N–H and O–H groups in total. The Bertz CT molecular complexity index is 443. The van der Waals surface area contributed by atoms with Crippen molar-refractivity contribution in [3.05, 3.63) is 29.6 Å². The Balaban J connectivity index is 2.06. The molecular weight excluding hydrogens is 235 g/mol. The lowest BCUT2D eigenvalue weighted by atomic mass is 10.1. The lowest BCUT2D eigenvalue weighted by molar-refractivity contribution is 0.543. The van der Waals surface area contributed by atoms with E-state index in [1.54, 1.807) is 30.8 Å². The van der Waals surface area contributed by atoms with Gasteiger partial charge in [0.1, 0.15) is 5.82 Å². The maximum atomic E-state index is 13.1. The van der Waals surface area contributed by atoms with E-state index < -0.39 is 0 Å². The van der Waals surface area contributed by atoms with Crippen molar-refractivity contribution >= 4 is 22.6 Å². The summed E-state index contributed by atoms with van der Waals surface area (Å²) < 4.78 is 13.1. The number of anilines is 1. The molecule has 92 valence electrons. The predicted octanol–water partition coefficient (Wildman–Crippen LogP) is 3.67. The number of benzene rings is 1. The Hall–Kier alpha value is -1.03. The molecule has 1 heterocycles. The second kappa shape index (κ2) is 5.08. The van der Waals surface area contributed by atoms with Crippen LogP contribution in [0.25, 0.3) is 0 Å². The highest BCUT2D eigenvalue weighted by Gasteiger charge is 2.21. The van der Waals surface area contributed by atoms with Crippen LogP contribution in [0.3, 0.4) is 0 Å². The molecule has 0 spiro atoms. The summed E-state index contributed by atoms with van der Waals surface area (Å²) in [6, 6.07) is 5.43. The Kier molecular flexibility index (Phi) is 3.72. The van der Waals surface area contributed by atoms with E-state index in [-0.39, 0.29) is 5.82 Å². The van der Waals surface area contributed by atoms with E-state index in [9.17, 15) is 4.39 Å². The first-order valence-corrected chi connectivity index (χ1v) is 6.78. The Morgan fingerprint density at radius 1 is 1.47 bits per heavy atom. The van der Waals surface area contributed by atoms with Gasteiger partial charge in [0.2, 0.25) is 0 Å². The highest BCUT2D eigenvalue weighted by molar-refractivity contribution is 8.14. The number of rotatable bonds is 2. The minimum atomic E-state index is -0.170. The van der Waals surface area contributed by atoms with Gasteiger partial charge < -0.3 is 5.32 Å². The van der Waals surface area contributed by atoms with Crippen LogP contribution in [0.1, 0.15) is 19.4 Å². The zero-order chi connectivity index (χ0) is 12.4. The Morgan fingerprint density at radius 3 is 2.82 bits per heavy atom. The summed E-state index contributed by atoms with van der Waals surface area (Å²) in [5.41, 5.74) is 1.55. The zero-order valence-electron chi connectivity index (χ0n) is 10.3. The summed E-state index contributed by atoms with van der Waals surface area (Å²) in [5, 5.41) is 4.18. The number of halogens is 1. The predicted molar refractivity (Wildman–Crippen MR) is 73.3 cm³/mol. The minimum Gasteiger partial charge on any atom is -0.335 e. The smallest absolute Gasteiger partial charge is 0.161 e. The number of thioether (sulfide) groups is 1. The van der Waals surface area contributed by atoms with Crippen molar-refractivity contribution in [1.29, 1.82) is 0 Å². The first-order chi connectivity index (χ1) is 8.06. The van der Waals surface area contributed by atoms with E-state index >= 15 is 0 Å². The third-order valence-corrected chi connectivity index (χ3v) is 3.84. The van der Waals surface area contributed by atoms with E-state index in [4.69, 9.17) is 0 Å². The van der Waals surface area contributed by atoms with Gasteiger partial charge in [-0.15, -0.1) is 0 Å². The van der Waals surface area contributed by atoms with Gasteiger partial charge in [0.15, 0.2) is 5.17 Å². The van der Waals surface area contributed by atoms with Crippen molar-refractivity contribution in [2.75, 3.05) is 11.1 Å². The van der Waals surface area contributed by atoms with Crippen LogP contribution in [0.5, 0.6) is 0 Å². The van der Waals surface area contributed by atoms with Crippen molar-refractivity contribution in [2.24, 2.45) is 10.9 Å². The van der Waals surface area contributed by atoms with Gasteiger partial charge in [-0.3, -0.25) is 4.99 Å². The molecule has 17 heavy (non-hydrogen) atoms. The van der Waals surface area contributed by atoms with Crippen molar-refractivity contribution in [1.82, 2.24) is 0 Å². The Morgan fingerprint density at radius 2 is 2.24 bits per heavy atom. The maximum Gasteiger partial charge on any atom is 0.161 e. The molecule has 0 saturated heterocycles. The molecule has 1 aromatic carbocycles. The quantitative estimate of drug-likeness (QED) is 0.868. The van der Waals surface area contributed by atoms with Gasteiger partial charge in [-0.2, -0.15) is 0 Å². The molecule has 0 radical (unpaired) electrons. The van der Waals surface area contributed by atoms with Gasteiger partial charge in [0.05, 0.1) is 6.04 Å². The average molecular weight is 252 g/mol. The van der Waals surface area contributed by atoms with Gasteiger partial charge in [0.25, 0.3) is 0 Å². The van der Waals surface area contributed by atoms with Gasteiger partial charge >= 0.3 is 0 Å². The highest BCUT2D eigenvalue weighted by atomic mass is 32.2. The van der Waals surface area contributed by atoms with Crippen LogP contribution in [0.4, 0.5) is 10.1 Å². The normalized spacial score (nSPS) is 19.6. The highest BCUT2D eigenvalue weighted by Crippen LogP contribution is 2.24.